The van der Waals surface area contributed by atoms with Crippen LogP contribution in [0.5, 0.6) is 0 Å². The number of nitrogens with zero attached hydrogens (tertiary/aromatic N) is 1. The number of carbonyl (C=O) groups is 2. The second kappa shape index (κ2) is 3.07. The molecule has 0 aliphatic carbocycles. The summed E-state index contributed by atoms with van der Waals surface area (Å²) in [5.74, 6) is -0.118. The van der Waals surface area contributed by atoms with Gasteiger partial charge in [0.1, 0.15) is 5.69 Å². The predicted molar refractivity (Wildman–Crippen MR) is 37.4 cm³/mol. The van der Waals surface area contributed by atoms with Crippen molar-refractivity contribution >= 4 is 12.1 Å². The van der Waals surface area contributed by atoms with E-state index in [9.17, 15) is 9.59 Å². The number of hydrogen-bond acceptors (Lipinski definition) is 4. The van der Waals surface area contributed by atoms with Crippen molar-refractivity contribution in [3.8, 4) is 0 Å². The molecule has 58 valence electrons. The monoisotopic (exact) mass is 153 g/mol. The molecule has 1 aromatic heterocycles. The van der Waals surface area contributed by atoms with Crippen molar-refractivity contribution in [1.82, 2.24) is 9.97 Å². The highest BCUT2D eigenvalue weighted by molar-refractivity contribution is 5.96. The molecular formula is C6H7N3O2. The van der Waals surface area contributed by atoms with Crippen LogP contribution in [-0.4, -0.2) is 28.6 Å². The maximum atomic E-state index is 10.8. The average Bonchev–Trinajstić information content (AvgIpc) is 2.50. The summed E-state index contributed by atoms with van der Waals surface area (Å²) >= 11 is 0. The Balaban J connectivity index is 2.88. The third-order valence-electron chi connectivity index (χ3n) is 1.19. The zero-order valence-corrected chi connectivity index (χ0v) is 5.70. The quantitative estimate of drug-likeness (QED) is 0.446. The van der Waals surface area contributed by atoms with Crippen molar-refractivity contribution in [1.29, 1.82) is 0 Å². The van der Waals surface area contributed by atoms with E-state index in [-0.39, 0.29) is 23.8 Å². The van der Waals surface area contributed by atoms with Crippen molar-refractivity contribution in [3.63, 3.8) is 0 Å². The normalized spacial score (nSPS) is 9.55. The van der Waals surface area contributed by atoms with E-state index in [0.29, 0.717) is 6.29 Å². The Morgan fingerprint density at radius 2 is 2.55 bits per heavy atom. The zero-order valence-electron chi connectivity index (χ0n) is 5.70. The molecule has 0 fully saturated rings. The van der Waals surface area contributed by atoms with Crippen molar-refractivity contribution in [2.24, 2.45) is 5.73 Å². The number of aromatic amines is 1. The highest BCUT2D eigenvalue weighted by Gasteiger charge is 2.05. The maximum absolute atomic E-state index is 10.8. The lowest BCUT2D eigenvalue weighted by molar-refractivity contribution is 0.0997. The molecule has 0 bridgehead atoms. The number of carbonyl (C=O) groups excluding carboxylic acids is 2. The number of H-pyrrole nitrogens is 1. The summed E-state index contributed by atoms with van der Waals surface area (Å²) < 4.78 is 0. The summed E-state index contributed by atoms with van der Waals surface area (Å²) in [6.07, 6.45) is 1.83. The van der Waals surface area contributed by atoms with Crippen LogP contribution in [0.2, 0.25) is 0 Å². The van der Waals surface area contributed by atoms with Crippen LogP contribution >= 0.6 is 0 Å². The summed E-state index contributed by atoms with van der Waals surface area (Å²) in [5.41, 5.74) is 5.34. The second-order valence-corrected chi connectivity index (χ2v) is 1.93. The van der Waals surface area contributed by atoms with Crippen LogP contribution in [0.15, 0.2) is 6.20 Å². The predicted octanol–water partition coefficient (Wildman–Crippen LogP) is -0.636. The van der Waals surface area contributed by atoms with Gasteiger partial charge in [-0.15, -0.1) is 0 Å². The number of nitrogens with one attached hydrogen (secondary N) is 1. The summed E-state index contributed by atoms with van der Waals surface area (Å²) in [7, 11) is 0. The molecule has 1 rings (SSSR count). The molecule has 1 aromatic rings. The van der Waals surface area contributed by atoms with E-state index in [0.717, 1.165) is 0 Å². The molecule has 5 heteroatoms. The summed E-state index contributed by atoms with van der Waals surface area (Å²) in [5, 5.41) is 0. The van der Waals surface area contributed by atoms with Crippen LogP contribution in [-0.2, 0) is 0 Å². The van der Waals surface area contributed by atoms with Gasteiger partial charge in [-0.2, -0.15) is 0 Å². The molecule has 0 aliphatic heterocycles. The minimum absolute atomic E-state index is 0.0828. The standard InChI is InChI=1S/C6H7N3O2/c7-1-5(11)4-2-8-6(3-10)9-4/h2-3H,1,7H2,(H,8,9). The Morgan fingerprint density at radius 3 is 3.00 bits per heavy atom. The van der Waals surface area contributed by atoms with Crippen LogP contribution < -0.4 is 5.73 Å². The van der Waals surface area contributed by atoms with Gasteiger partial charge in [0.2, 0.25) is 0 Å². The maximum Gasteiger partial charge on any atom is 0.194 e. The third kappa shape index (κ3) is 1.50. The first kappa shape index (κ1) is 7.62. The summed E-state index contributed by atoms with van der Waals surface area (Å²) in [6, 6.07) is 0. The van der Waals surface area contributed by atoms with Crippen LogP contribution in [0.25, 0.3) is 0 Å². The van der Waals surface area contributed by atoms with Gasteiger partial charge in [-0.3, -0.25) is 9.59 Å². The van der Waals surface area contributed by atoms with E-state index in [1.165, 1.54) is 6.20 Å². The molecule has 0 saturated heterocycles. The molecule has 0 spiro atoms. The zero-order chi connectivity index (χ0) is 8.27. The lowest BCUT2D eigenvalue weighted by Crippen LogP contribution is -2.13. The minimum Gasteiger partial charge on any atom is -0.333 e. The average molecular weight is 153 g/mol. The topological polar surface area (TPSA) is 88.8 Å². The van der Waals surface area contributed by atoms with Gasteiger partial charge in [0.25, 0.3) is 0 Å². The van der Waals surface area contributed by atoms with Gasteiger partial charge >= 0.3 is 0 Å². The molecule has 0 aliphatic rings. The molecule has 0 saturated carbocycles. The van der Waals surface area contributed by atoms with Crippen LogP contribution in [0, 0.1) is 0 Å². The highest BCUT2D eigenvalue weighted by Crippen LogP contribution is 1.94. The Kier molecular flexibility index (Phi) is 2.12. The highest BCUT2D eigenvalue weighted by atomic mass is 16.1. The lowest BCUT2D eigenvalue weighted by Gasteiger charge is -1.87. The van der Waals surface area contributed by atoms with Gasteiger partial charge in [0.05, 0.1) is 12.7 Å². The van der Waals surface area contributed by atoms with Gasteiger partial charge in [0.15, 0.2) is 17.9 Å². The van der Waals surface area contributed by atoms with E-state index in [1.807, 2.05) is 0 Å². The number of aldehydes is 1. The van der Waals surface area contributed by atoms with E-state index in [2.05, 4.69) is 9.97 Å². The number of imidazole rings is 1. The Bertz CT molecular complexity index is 279. The van der Waals surface area contributed by atoms with Crippen molar-refractivity contribution in [3.05, 3.63) is 17.7 Å². The first-order valence-corrected chi connectivity index (χ1v) is 3.01. The van der Waals surface area contributed by atoms with Crippen LogP contribution in [0.4, 0.5) is 0 Å². The lowest BCUT2D eigenvalue weighted by atomic mass is 10.3. The van der Waals surface area contributed by atoms with E-state index in [4.69, 9.17) is 5.73 Å². The number of hydrogen-bond donors (Lipinski definition) is 2. The van der Waals surface area contributed by atoms with Gasteiger partial charge in [0, 0.05) is 0 Å². The van der Waals surface area contributed by atoms with E-state index >= 15 is 0 Å². The van der Waals surface area contributed by atoms with Crippen LogP contribution in [0.1, 0.15) is 21.1 Å². The molecule has 0 aromatic carbocycles. The van der Waals surface area contributed by atoms with Gasteiger partial charge in [-0.1, -0.05) is 0 Å². The SMILES string of the molecule is NCC(=O)c1cnc(C=O)[nH]1. The third-order valence-corrected chi connectivity index (χ3v) is 1.19. The number of aromatic nitrogens is 2. The fourth-order valence-corrected chi connectivity index (χ4v) is 0.648. The van der Waals surface area contributed by atoms with Gasteiger partial charge < -0.3 is 10.7 Å². The van der Waals surface area contributed by atoms with Crippen molar-refractivity contribution in [2.45, 2.75) is 0 Å². The fraction of sp³-hybridized carbons (Fsp3) is 0.167. The fourth-order valence-electron chi connectivity index (χ4n) is 0.648. The Labute approximate surface area is 62.6 Å². The van der Waals surface area contributed by atoms with Crippen molar-refractivity contribution < 1.29 is 9.59 Å². The number of ketones is 1. The largest absolute Gasteiger partial charge is 0.333 e. The first-order valence-electron chi connectivity index (χ1n) is 3.01. The summed E-state index contributed by atoms with van der Waals surface area (Å²) in [4.78, 5) is 27.0. The molecule has 0 amide bonds. The summed E-state index contributed by atoms with van der Waals surface area (Å²) in [6.45, 7) is -0.0828. The number of Topliss-reactive ketones (excluding diaryl/α,β-unsaturated/α-hetero) is 1. The van der Waals surface area contributed by atoms with E-state index < -0.39 is 0 Å². The van der Waals surface area contributed by atoms with E-state index in [1.54, 1.807) is 0 Å². The molecule has 1 heterocycles. The molecule has 0 atom stereocenters. The molecule has 3 N–H and O–H groups in total. The second-order valence-electron chi connectivity index (χ2n) is 1.93. The number of rotatable bonds is 3. The number of nitrogens with two attached hydrogens (primary N) is 1. The molecule has 0 unspecified atom stereocenters. The molecule has 0 radical (unpaired) electrons. The minimum atomic E-state index is -0.259. The Hall–Kier alpha value is -1.49. The smallest absolute Gasteiger partial charge is 0.194 e. The molecule has 5 nitrogen and oxygen atoms in total. The molecular weight excluding hydrogens is 146 g/mol. The van der Waals surface area contributed by atoms with Gasteiger partial charge in [-0.25, -0.2) is 4.98 Å². The first-order chi connectivity index (χ1) is 5.27. The molecule has 11 heavy (non-hydrogen) atoms. The van der Waals surface area contributed by atoms with Gasteiger partial charge in [-0.05, 0) is 0 Å². The Morgan fingerprint density at radius 1 is 1.82 bits per heavy atom. The van der Waals surface area contributed by atoms with Crippen molar-refractivity contribution in [2.75, 3.05) is 6.54 Å². The van der Waals surface area contributed by atoms with Crippen LogP contribution in [0.3, 0.4) is 0 Å².